The van der Waals surface area contributed by atoms with Crippen molar-refractivity contribution in [2.75, 3.05) is 14.2 Å². The molecule has 2 aromatic carbocycles. The Hall–Kier alpha value is -3.87. The maximum absolute atomic E-state index is 13.0. The summed E-state index contributed by atoms with van der Waals surface area (Å²) in [5.74, 6) is 1.63. The van der Waals surface area contributed by atoms with Crippen molar-refractivity contribution < 1.29 is 24.2 Å². The quantitative estimate of drug-likeness (QED) is 0.107. The number of phenols is 1. The van der Waals surface area contributed by atoms with Gasteiger partial charge in [0.05, 0.1) is 36.1 Å². The van der Waals surface area contributed by atoms with Gasteiger partial charge in [0, 0.05) is 77.6 Å². The minimum atomic E-state index is -0.488. The molecule has 1 aliphatic rings. The average molecular weight is 722 g/mol. The summed E-state index contributed by atoms with van der Waals surface area (Å²) >= 11 is 10.4. The lowest BCUT2D eigenvalue weighted by atomic mass is 9.98. The topological polar surface area (TPSA) is 113 Å². The first kappa shape index (κ1) is 35.0. The van der Waals surface area contributed by atoms with Crippen molar-refractivity contribution in [1.82, 2.24) is 24.1 Å². The highest BCUT2D eigenvalue weighted by atomic mass is 35.5. The predicted octanol–water partition coefficient (Wildman–Crippen LogP) is 7.09. The molecule has 6 rings (SSSR count). The van der Waals surface area contributed by atoms with E-state index < -0.39 is 5.97 Å². The molecule has 49 heavy (non-hydrogen) atoms. The predicted molar refractivity (Wildman–Crippen MR) is 194 cm³/mol. The Balaban J connectivity index is 1.24. The summed E-state index contributed by atoms with van der Waals surface area (Å²) in [6, 6.07) is 9.97. The molecule has 5 aromatic rings. The van der Waals surface area contributed by atoms with Gasteiger partial charge in [-0.1, -0.05) is 17.7 Å². The normalized spacial score (nSPS) is 12.6. The molecule has 0 fully saturated rings. The molecule has 3 aromatic heterocycles. The Morgan fingerprint density at radius 1 is 0.980 bits per heavy atom. The Bertz CT molecular complexity index is 2080. The second kappa shape index (κ2) is 14.5. The van der Waals surface area contributed by atoms with Gasteiger partial charge in [0.1, 0.15) is 11.4 Å². The number of fused-ring (bicyclic) bond motifs is 2. The molecular weight excluding hydrogens is 682 g/mol. The summed E-state index contributed by atoms with van der Waals surface area (Å²) in [4.78, 5) is 26.2. The van der Waals surface area contributed by atoms with E-state index in [1.807, 2.05) is 60.2 Å². The number of aryl methyl sites for hydroxylation is 5. The van der Waals surface area contributed by atoms with Crippen molar-refractivity contribution in [2.45, 2.75) is 61.2 Å². The third-order valence-corrected chi connectivity index (χ3v) is 11.6. The summed E-state index contributed by atoms with van der Waals surface area (Å²) < 4.78 is 15.6. The van der Waals surface area contributed by atoms with Gasteiger partial charge in [-0.3, -0.25) is 14.2 Å². The Morgan fingerprint density at radius 2 is 1.78 bits per heavy atom. The van der Waals surface area contributed by atoms with Crippen LogP contribution >= 0.6 is 35.1 Å². The number of nitrogens with zero attached hydrogens (tertiary/aromatic N) is 5. The fraction of sp³-hybridized carbons (Fsp3) is 0.389. The Morgan fingerprint density at radius 3 is 2.53 bits per heavy atom. The van der Waals surface area contributed by atoms with Crippen LogP contribution in [-0.4, -0.2) is 55.4 Å². The lowest BCUT2D eigenvalue weighted by Crippen LogP contribution is -2.11. The average Bonchev–Trinajstić information content (AvgIpc) is 3.83. The zero-order valence-corrected chi connectivity index (χ0v) is 30.9. The number of aromatic hydroxyl groups is 1. The van der Waals surface area contributed by atoms with Gasteiger partial charge in [0.15, 0.2) is 0 Å². The molecule has 0 atom stereocenters. The number of hydrogen-bond acceptors (Lipinski definition) is 9. The lowest BCUT2D eigenvalue weighted by molar-refractivity contribution is -0.140. The summed E-state index contributed by atoms with van der Waals surface area (Å²) in [7, 11) is 8.40. The van der Waals surface area contributed by atoms with Crippen molar-refractivity contribution in [2.24, 2.45) is 21.1 Å². The summed E-state index contributed by atoms with van der Waals surface area (Å²) in [6.07, 6.45) is 3.52. The maximum Gasteiger partial charge on any atom is 0.354 e. The van der Waals surface area contributed by atoms with Crippen molar-refractivity contribution in [1.29, 1.82) is 0 Å². The van der Waals surface area contributed by atoms with Crippen molar-refractivity contribution >= 4 is 58.0 Å². The molecule has 1 N–H and O–H groups in total. The summed E-state index contributed by atoms with van der Waals surface area (Å²) in [6.45, 7) is 2.01. The minimum Gasteiger partial charge on any atom is -0.508 e. The first-order valence-corrected chi connectivity index (χ1v) is 18.6. The molecule has 0 bridgehead atoms. The van der Waals surface area contributed by atoms with E-state index in [4.69, 9.17) is 31.3 Å². The molecule has 0 radical (unpaired) electrons. The number of carbonyl (C=O) groups excluding carboxylic acids is 2. The number of carbonyl (C=O) groups is 2. The molecule has 0 spiro atoms. The molecule has 258 valence electrons. The SMILES string of the molecule is COC(=O)CCc1c(C(=O)OC)n(C)c2c(-c3c(CSCc4cc(CSc5cc(O)c6c(c5)CCC6)n(C)n4)nn(C)c3C)c(Cl)ccc12. The van der Waals surface area contributed by atoms with Crippen LogP contribution in [0.2, 0.25) is 5.02 Å². The first-order chi connectivity index (χ1) is 23.5. The second-order valence-electron chi connectivity index (χ2n) is 12.3. The largest absolute Gasteiger partial charge is 0.508 e. The maximum atomic E-state index is 13.0. The van der Waals surface area contributed by atoms with Crippen LogP contribution in [0.5, 0.6) is 5.75 Å². The molecule has 1 aliphatic carbocycles. The van der Waals surface area contributed by atoms with Gasteiger partial charge in [0.25, 0.3) is 0 Å². The first-order valence-electron chi connectivity index (χ1n) is 16.1. The van der Waals surface area contributed by atoms with E-state index in [0.717, 1.165) is 80.3 Å². The third kappa shape index (κ3) is 6.82. The van der Waals surface area contributed by atoms with E-state index in [1.54, 1.807) is 23.5 Å². The summed E-state index contributed by atoms with van der Waals surface area (Å²) in [5.41, 5.74) is 9.84. The van der Waals surface area contributed by atoms with Crippen LogP contribution in [0.3, 0.4) is 0 Å². The molecule has 0 unspecified atom stereocenters. The van der Waals surface area contributed by atoms with Gasteiger partial charge in [-0.05, 0) is 73.6 Å². The number of ether oxygens (including phenoxy) is 2. The number of rotatable bonds is 12. The highest BCUT2D eigenvalue weighted by molar-refractivity contribution is 7.98. The third-order valence-electron chi connectivity index (χ3n) is 9.32. The van der Waals surface area contributed by atoms with Crippen LogP contribution in [0.15, 0.2) is 35.2 Å². The zero-order chi connectivity index (χ0) is 35.0. The molecule has 0 saturated carbocycles. The number of hydrogen-bond donors (Lipinski definition) is 1. The molecular formula is C36H40ClN5O5S2. The van der Waals surface area contributed by atoms with E-state index in [1.165, 1.54) is 19.8 Å². The van der Waals surface area contributed by atoms with Crippen molar-refractivity contribution in [3.05, 3.63) is 80.5 Å². The van der Waals surface area contributed by atoms with Crippen LogP contribution in [0.1, 0.15) is 62.8 Å². The fourth-order valence-electron chi connectivity index (χ4n) is 6.80. The second-order valence-corrected chi connectivity index (χ2v) is 14.7. The molecule has 3 heterocycles. The van der Waals surface area contributed by atoms with Crippen LogP contribution in [0.4, 0.5) is 0 Å². The number of halogens is 1. The smallest absolute Gasteiger partial charge is 0.354 e. The number of aromatic nitrogens is 5. The number of methoxy groups -OCH3 is 2. The summed E-state index contributed by atoms with van der Waals surface area (Å²) in [5, 5.41) is 21.5. The molecule has 0 saturated heterocycles. The van der Waals surface area contributed by atoms with Crippen LogP contribution in [0.25, 0.3) is 22.0 Å². The lowest BCUT2D eigenvalue weighted by Gasteiger charge is -2.11. The number of thioether (sulfide) groups is 2. The van der Waals surface area contributed by atoms with E-state index in [0.29, 0.717) is 40.0 Å². The number of benzene rings is 2. The van der Waals surface area contributed by atoms with Gasteiger partial charge in [0.2, 0.25) is 0 Å². The fourth-order valence-corrected chi connectivity index (χ4v) is 8.90. The highest BCUT2D eigenvalue weighted by Crippen LogP contribution is 2.43. The van der Waals surface area contributed by atoms with Crippen molar-refractivity contribution in [3.8, 4) is 16.9 Å². The van der Waals surface area contributed by atoms with E-state index >= 15 is 0 Å². The van der Waals surface area contributed by atoms with Gasteiger partial charge in [-0.25, -0.2) is 4.79 Å². The van der Waals surface area contributed by atoms with E-state index in [-0.39, 0.29) is 12.4 Å². The van der Waals surface area contributed by atoms with Crippen LogP contribution in [-0.2, 0) is 71.9 Å². The molecule has 0 amide bonds. The van der Waals surface area contributed by atoms with Crippen LogP contribution in [0, 0.1) is 6.92 Å². The zero-order valence-electron chi connectivity index (χ0n) is 28.6. The van der Waals surface area contributed by atoms with Crippen molar-refractivity contribution in [3.63, 3.8) is 0 Å². The number of esters is 2. The Labute approximate surface area is 299 Å². The molecule has 13 heteroatoms. The number of phenolic OH excluding ortho intramolecular Hbond substituents is 1. The highest BCUT2D eigenvalue weighted by Gasteiger charge is 2.28. The van der Waals surface area contributed by atoms with Gasteiger partial charge in [-0.2, -0.15) is 10.2 Å². The minimum absolute atomic E-state index is 0.122. The van der Waals surface area contributed by atoms with E-state index in [2.05, 4.69) is 12.1 Å². The monoisotopic (exact) mass is 721 g/mol. The van der Waals surface area contributed by atoms with Gasteiger partial charge >= 0.3 is 11.9 Å². The molecule has 10 nitrogen and oxygen atoms in total. The van der Waals surface area contributed by atoms with Crippen LogP contribution < -0.4 is 0 Å². The molecule has 0 aliphatic heterocycles. The van der Waals surface area contributed by atoms with Gasteiger partial charge in [-0.15, -0.1) is 23.5 Å². The Kier molecular flexibility index (Phi) is 10.4. The van der Waals surface area contributed by atoms with E-state index in [9.17, 15) is 14.7 Å². The van der Waals surface area contributed by atoms with Gasteiger partial charge < -0.3 is 19.1 Å². The standard InChI is InChI=1S/C36H40ClN5O5S2/c1-20-32(33-28(37)12-10-26-27(11-13-31(44)46-5)35(36(45)47-6)40(2)34(26)33)29(39-41(20)3)19-48-17-22-15-23(42(4)38-22)18-49-24-14-21-8-7-9-25(21)30(43)16-24/h10,12,14-16,43H,7-9,11,13,17-19H2,1-6H3.